The lowest BCUT2D eigenvalue weighted by Crippen LogP contribution is -2.38. The molecule has 0 bridgehead atoms. The maximum Gasteiger partial charge on any atom is 0.245 e. The molecule has 0 unspecified atom stereocenters. The molecule has 0 aliphatic rings. The number of nitrogens with zero attached hydrogens (tertiary/aromatic N) is 3. The summed E-state index contributed by atoms with van der Waals surface area (Å²) in [6.45, 7) is 4.43. The predicted octanol–water partition coefficient (Wildman–Crippen LogP) is 5.17. The summed E-state index contributed by atoms with van der Waals surface area (Å²) < 4.78 is 1.63. The largest absolute Gasteiger partial charge is 0.333 e. The highest BCUT2D eigenvalue weighted by molar-refractivity contribution is 6.32. The topological polar surface area (TPSA) is 67.2 Å². The molecule has 0 saturated carbocycles. The third-order valence-electron chi connectivity index (χ3n) is 4.90. The van der Waals surface area contributed by atoms with Crippen LogP contribution in [0.5, 0.6) is 0 Å². The van der Waals surface area contributed by atoms with Crippen molar-refractivity contribution in [3.63, 3.8) is 0 Å². The molecule has 0 spiro atoms. The molecule has 2 amide bonds. The van der Waals surface area contributed by atoms with Crippen molar-refractivity contribution in [3.05, 3.63) is 65.7 Å². The summed E-state index contributed by atoms with van der Waals surface area (Å²) in [5.74, 6) is 0.190. The van der Waals surface area contributed by atoms with Gasteiger partial charge >= 0.3 is 0 Å². The Labute approximate surface area is 187 Å². The second kappa shape index (κ2) is 10.8. The number of hydrogen-bond donors (Lipinski definition) is 1. The highest BCUT2D eigenvalue weighted by atomic mass is 35.5. The van der Waals surface area contributed by atoms with Gasteiger partial charge in [-0.2, -0.15) is 5.10 Å². The fourth-order valence-corrected chi connectivity index (χ4v) is 3.46. The van der Waals surface area contributed by atoms with E-state index in [1.807, 2.05) is 54.6 Å². The standard InChI is InChI=1S/C24H27ClN4O2/c1-3-5-15-28(24(31)4-2)17-23(30)26-22-16-20(18-11-7-6-8-12-18)27-29(22)21-14-10-9-13-19(21)25/h6-14,16H,3-5,15,17H2,1-2H3,(H,26,30). The number of unbranched alkanes of at least 4 members (excludes halogenated alkanes) is 1. The summed E-state index contributed by atoms with van der Waals surface area (Å²) in [6.07, 6.45) is 2.18. The molecular formula is C24H27ClN4O2. The molecule has 1 aromatic heterocycles. The number of carbonyl (C=O) groups excluding carboxylic acids is 2. The lowest BCUT2D eigenvalue weighted by atomic mass is 10.1. The molecule has 0 radical (unpaired) electrons. The Morgan fingerprint density at radius 2 is 1.77 bits per heavy atom. The average Bonchev–Trinajstić information content (AvgIpc) is 3.20. The van der Waals surface area contributed by atoms with Gasteiger partial charge in [0.25, 0.3) is 0 Å². The van der Waals surface area contributed by atoms with E-state index in [0.29, 0.717) is 35.2 Å². The van der Waals surface area contributed by atoms with Crippen LogP contribution in [0.15, 0.2) is 60.7 Å². The van der Waals surface area contributed by atoms with Gasteiger partial charge < -0.3 is 10.2 Å². The Bertz CT molecular complexity index is 1030. The van der Waals surface area contributed by atoms with Gasteiger partial charge in [0.2, 0.25) is 11.8 Å². The lowest BCUT2D eigenvalue weighted by Gasteiger charge is -2.21. The number of anilines is 1. The molecule has 0 saturated heterocycles. The van der Waals surface area contributed by atoms with Crippen molar-refractivity contribution in [2.75, 3.05) is 18.4 Å². The maximum absolute atomic E-state index is 12.8. The molecule has 6 nitrogen and oxygen atoms in total. The van der Waals surface area contributed by atoms with Crippen molar-refractivity contribution in [2.45, 2.75) is 33.1 Å². The molecule has 0 atom stereocenters. The maximum atomic E-state index is 12.8. The second-order valence-corrected chi connectivity index (χ2v) is 7.62. The summed E-state index contributed by atoms with van der Waals surface area (Å²) in [7, 11) is 0. The van der Waals surface area contributed by atoms with Gasteiger partial charge in [-0.1, -0.05) is 74.3 Å². The van der Waals surface area contributed by atoms with Crippen LogP contribution in [0.1, 0.15) is 33.1 Å². The second-order valence-electron chi connectivity index (χ2n) is 7.21. The third kappa shape index (κ3) is 5.73. The predicted molar refractivity (Wildman–Crippen MR) is 124 cm³/mol. The van der Waals surface area contributed by atoms with Crippen molar-refractivity contribution >= 4 is 29.2 Å². The van der Waals surface area contributed by atoms with Gasteiger partial charge in [-0.3, -0.25) is 9.59 Å². The lowest BCUT2D eigenvalue weighted by molar-refractivity contribution is -0.134. The Kier molecular flexibility index (Phi) is 7.84. The van der Waals surface area contributed by atoms with Gasteiger partial charge in [-0.15, -0.1) is 0 Å². The number of benzene rings is 2. The van der Waals surface area contributed by atoms with Crippen molar-refractivity contribution in [3.8, 4) is 16.9 Å². The van der Waals surface area contributed by atoms with E-state index in [9.17, 15) is 9.59 Å². The molecule has 162 valence electrons. The average molecular weight is 439 g/mol. The zero-order valence-electron chi connectivity index (χ0n) is 17.8. The zero-order chi connectivity index (χ0) is 22.2. The van der Waals surface area contributed by atoms with Crippen molar-refractivity contribution < 1.29 is 9.59 Å². The first-order valence-electron chi connectivity index (χ1n) is 10.5. The van der Waals surface area contributed by atoms with E-state index in [-0.39, 0.29) is 18.4 Å². The Hall–Kier alpha value is -3.12. The smallest absolute Gasteiger partial charge is 0.245 e. The van der Waals surface area contributed by atoms with Crippen LogP contribution >= 0.6 is 11.6 Å². The number of carbonyl (C=O) groups is 2. The number of aromatic nitrogens is 2. The van der Waals surface area contributed by atoms with Gasteiger partial charge in [0, 0.05) is 24.6 Å². The van der Waals surface area contributed by atoms with Gasteiger partial charge in [0.05, 0.1) is 22.9 Å². The molecule has 3 aromatic rings. The van der Waals surface area contributed by atoms with E-state index in [2.05, 4.69) is 17.3 Å². The number of hydrogen-bond acceptors (Lipinski definition) is 3. The summed E-state index contributed by atoms with van der Waals surface area (Å²) >= 11 is 6.40. The molecule has 7 heteroatoms. The Balaban J connectivity index is 1.90. The van der Waals surface area contributed by atoms with Crippen molar-refractivity contribution in [1.82, 2.24) is 14.7 Å². The van der Waals surface area contributed by atoms with E-state index in [0.717, 1.165) is 18.4 Å². The van der Waals surface area contributed by atoms with E-state index >= 15 is 0 Å². The summed E-state index contributed by atoms with van der Waals surface area (Å²) in [4.78, 5) is 26.7. The van der Waals surface area contributed by atoms with Crippen LogP contribution in [-0.2, 0) is 9.59 Å². The number of halogens is 1. The van der Waals surface area contributed by atoms with Gasteiger partial charge in [-0.25, -0.2) is 4.68 Å². The fourth-order valence-electron chi connectivity index (χ4n) is 3.25. The van der Waals surface area contributed by atoms with E-state index < -0.39 is 0 Å². The van der Waals surface area contributed by atoms with E-state index in [1.165, 1.54) is 0 Å². The Morgan fingerprint density at radius 3 is 2.45 bits per heavy atom. The number of para-hydroxylation sites is 1. The first-order valence-corrected chi connectivity index (χ1v) is 10.9. The molecular weight excluding hydrogens is 412 g/mol. The van der Waals surface area contributed by atoms with Gasteiger partial charge in [0.1, 0.15) is 5.82 Å². The van der Waals surface area contributed by atoms with E-state index in [1.54, 1.807) is 22.6 Å². The Morgan fingerprint density at radius 1 is 1.06 bits per heavy atom. The molecule has 3 rings (SSSR count). The van der Waals surface area contributed by atoms with Gasteiger partial charge in [0.15, 0.2) is 0 Å². The van der Waals surface area contributed by atoms with Crippen LogP contribution in [-0.4, -0.2) is 39.6 Å². The monoisotopic (exact) mass is 438 g/mol. The minimum atomic E-state index is -0.272. The number of amides is 2. The number of rotatable bonds is 9. The molecule has 1 heterocycles. The third-order valence-corrected chi connectivity index (χ3v) is 5.22. The molecule has 0 fully saturated rings. The van der Waals surface area contributed by atoms with Crippen LogP contribution in [0.2, 0.25) is 5.02 Å². The van der Waals surface area contributed by atoms with Crippen LogP contribution in [0.3, 0.4) is 0 Å². The normalized spacial score (nSPS) is 10.7. The minimum absolute atomic E-state index is 0.00104. The fraction of sp³-hybridized carbons (Fsp3) is 0.292. The van der Waals surface area contributed by atoms with Crippen LogP contribution in [0, 0.1) is 0 Å². The van der Waals surface area contributed by atoms with Crippen molar-refractivity contribution in [1.29, 1.82) is 0 Å². The van der Waals surface area contributed by atoms with Crippen LogP contribution in [0.25, 0.3) is 16.9 Å². The molecule has 2 aromatic carbocycles. The highest BCUT2D eigenvalue weighted by Crippen LogP contribution is 2.28. The summed E-state index contributed by atoms with van der Waals surface area (Å²) in [6, 6.07) is 18.9. The minimum Gasteiger partial charge on any atom is -0.333 e. The number of nitrogens with one attached hydrogen (secondary N) is 1. The molecule has 0 aliphatic carbocycles. The zero-order valence-corrected chi connectivity index (χ0v) is 18.6. The van der Waals surface area contributed by atoms with Crippen LogP contribution < -0.4 is 5.32 Å². The summed E-state index contributed by atoms with van der Waals surface area (Å²) in [5, 5.41) is 8.12. The highest BCUT2D eigenvalue weighted by Gasteiger charge is 2.19. The first-order chi connectivity index (χ1) is 15.0. The SMILES string of the molecule is CCCCN(CC(=O)Nc1cc(-c2ccccc2)nn1-c1ccccc1Cl)C(=O)CC. The molecule has 0 aliphatic heterocycles. The quantitative estimate of drug-likeness (QED) is 0.501. The molecule has 31 heavy (non-hydrogen) atoms. The van der Waals surface area contributed by atoms with E-state index in [4.69, 9.17) is 11.6 Å². The molecule has 1 N–H and O–H groups in total. The summed E-state index contributed by atoms with van der Waals surface area (Å²) in [5.41, 5.74) is 2.30. The van der Waals surface area contributed by atoms with Crippen LogP contribution in [0.4, 0.5) is 5.82 Å². The first kappa shape index (κ1) is 22.6. The van der Waals surface area contributed by atoms with Gasteiger partial charge in [-0.05, 0) is 18.6 Å². The van der Waals surface area contributed by atoms with Crippen molar-refractivity contribution in [2.24, 2.45) is 0 Å².